The van der Waals surface area contributed by atoms with E-state index in [1.54, 1.807) is 6.08 Å². The second kappa shape index (κ2) is 5.20. The van der Waals surface area contributed by atoms with Gasteiger partial charge in [-0.2, -0.15) is 0 Å². The van der Waals surface area contributed by atoms with E-state index < -0.39 is 17.5 Å². The molecule has 0 saturated carbocycles. The lowest BCUT2D eigenvalue weighted by Crippen LogP contribution is -1.90. The van der Waals surface area contributed by atoms with Crippen molar-refractivity contribution < 1.29 is 13.2 Å². The van der Waals surface area contributed by atoms with Gasteiger partial charge in [0.25, 0.3) is 0 Å². The van der Waals surface area contributed by atoms with Crippen molar-refractivity contribution in [1.29, 1.82) is 0 Å². The summed E-state index contributed by atoms with van der Waals surface area (Å²) in [4.78, 5) is 0. The molecule has 0 aliphatic carbocycles. The second-order valence-corrected chi connectivity index (χ2v) is 3.46. The first-order valence-corrected chi connectivity index (χ1v) is 5.14. The average Bonchev–Trinajstić information content (AvgIpc) is 2.13. The largest absolute Gasteiger partial charge is 0.207 e. The second-order valence-electron chi connectivity index (χ2n) is 2.67. The monoisotopic (exact) mass is 264 g/mol. The molecule has 0 saturated heterocycles. The molecule has 14 heavy (non-hydrogen) atoms. The zero-order valence-electron chi connectivity index (χ0n) is 7.24. The molecule has 0 atom stereocenters. The normalized spacial score (nSPS) is 11.1. The standard InChI is InChI=1S/C10H8BrF3/c11-4-2-1-3-7-5-8(12)6-9(13)10(7)14/h1,3,5-6H,2,4H2. The first kappa shape index (κ1) is 11.3. The molecule has 1 aromatic rings. The Balaban J connectivity index is 2.96. The Bertz CT molecular complexity index is 347. The summed E-state index contributed by atoms with van der Waals surface area (Å²) in [5.74, 6) is -2.96. The maximum atomic E-state index is 13.0. The maximum Gasteiger partial charge on any atom is 0.166 e. The Labute approximate surface area is 88.6 Å². The Morgan fingerprint density at radius 3 is 2.57 bits per heavy atom. The summed E-state index contributed by atoms with van der Waals surface area (Å²) >= 11 is 3.18. The van der Waals surface area contributed by atoms with Gasteiger partial charge < -0.3 is 0 Å². The van der Waals surface area contributed by atoms with Gasteiger partial charge in [0.05, 0.1) is 0 Å². The van der Waals surface area contributed by atoms with Crippen molar-refractivity contribution >= 4 is 22.0 Å². The van der Waals surface area contributed by atoms with Crippen molar-refractivity contribution in [3.63, 3.8) is 0 Å². The summed E-state index contributed by atoms with van der Waals surface area (Å²) in [6, 6.07) is 1.49. The van der Waals surface area contributed by atoms with Crippen LogP contribution < -0.4 is 0 Å². The first-order valence-electron chi connectivity index (χ1n) is 4.02. The predicted molar refractivity (Wildman–Crippen MR) is 53.8 cm³/mol. The fourth-order valence-corrected chi connectivity index (χ4v) is 1.23. The topological polar surface area (TPSA) is 0 Å². The van der Waals surface area contributed by atoms with Gasteiger partial charge in [-0.15, -0.1) is 0 Å². The zero-order chi connectivity index (χ0) is 10.6. The molecule has 0 aliphatic rings. The van der Waals surface area contributed by atoms with Gasteiger partial charge in [0.15, 0.2) is 11.6 Å². The van der Waals surface area contributed by atoms with Gasteiger partial charge in [0.1, 0.15) is 5.82 Å². The highest BCUT2D eigenvalue weighted by Gasteiger charge is 2.07. The van der Waals surface area contributed by atoms with Crippen molar-refractivity contribution in [1.82, 2.24) is 0 Å². The molecule has 76 valence electrons. The van der Waals surface area contributed by atoms with Crippen LogP contribution in [0.2, 0.25) is 0 Å². The quantitative estimate of drug-likeness (QED) is 0.574. The predicted octanol–water partition coefficient (Wildman–Crippen LogP) is 3.90. The highest BCUT2D eigenvalue weighted by Crippen LogP contribution is 2.15. The van der Waals surface area contributed by atoms with E-state index >= 15 is 0 Å². The van der Waals surface area contributed by atoms with Crippen LogP contribution in [0.15, 0.2) is 18.2 Å². The molecule has 0 amide bonds. The Morgan fingerprint density at radius 1 is 1.21 bits per heavy atom. The van der Waals surface area contributed by atoms with Crippen LogP contribution in [0, 0.1) is 17.5 Å². The molecule has 1 aromatic carbocycles. The lowest BCUT2D eigenvalue weighted by molar-refractivity contribution is 0.493. The van der Waals surface area contributed by atoms with Crippen LogP contribution in [0.4, 0.5) is 13.2 Å². The van der Waals surface area contributed by atoms with Gasteiger partial charge in [0, 0.05) is 17.0 Å². The van der Waals surface area contributed by atoms with E-state index in [2.05, 4.69) is 15.9 Å². The number of hydrogen-bond donors (Lipinski definition) is 0. The first-order chi connectivity index (χ1) is 6.65. The third-order valence-corrected chi connectivity index (χ3v) is 2.05. The molecule has 0 heterocycles. The SMILES string of the molecule is Fc1cc(F)c(F)c(C=CCCBr)c1. The molecule has 0 aliphatic heterocycles. The molecule has 0 unspecified atom stereocenters. The minimum atomic E-state index is -1.16. The van der Waals surface area contributed by atoms with E-state index in [4.69, 9.17) is 0 Å². The molecule has 0 aromatic heterocycles. The highest BCUT2D eigenvalue weighted by atomic mass is 79.9. The van der Waals surface area contributed by atoms with Crippen LogP contribution in [0.25, 0.3) is 6.08 Å². The van der Waals surface area contributed by atoms with Crippen molar-refractivity contribution in [2.45, 2.75) is 6.42 Å². The third-order valence-electron chi connectivity index (χ3n) is 1.59. The summed E-state index contributed by atoms with van der Waals surface area (Å²) in [5, 5.41) is 0.725. The van der Waals surface area contributed by atoms with Crippen molar-refractivity contribution in [2.24, 2.45) is 0 Å². The number of benzene rings is 1. The molecule has 4 heteroatoms. The van der Waals surface area contributed by atoms with E-state index in [9.17, 15) is 13.2 Å². The molecular weight excluding hydrogens is 257 g/mol. The van der Waals surface area contributed by atoms with Crippen molar-refractivity contribution in [2.75, 3.05) is 5.33 Å². The molecule has 0 nitrogen and oxygen atoms in total. The van der Waals surface area contributed by atoms with Gasteiger partial charge in [-0.25, -0.2) is 13.2 Å². The number of halogens is 4. The van der Waals surface area contributed by atoms with Crippen molar-refractivity contribution in [3.8, 4) is 0 Å². The molecule has 0 spiro atoms. The lowest BCUT2D eigenvalue weighted by Gasteiger charge is -1.98. The fourth-order valence-electron chi connectivity index (χ4n) is 0.970. The minimum Gasteiger partial charge on any atom is -0.207 e. The zero-order valence-corrected chi connectivity index (χ0v) is 8.82. The maximum absolute atomic E-state index is 13.0. The van der Waals surface area contributed by atoms with E-state index in [1.807, 2.05) is 0 Å². The Hall–Kier alpha value is -0.770. The summed E-state index contributed by atoms with van der Waals surface area (Å²) < 4.78 is 38.4. The van der Waals surface area contributed by atoms with E-state index in [0.717, 1.165) is 11.4 Å². The van der Waals surface area contributed by atoms with Crippen LogP contribution in [-0.4, -0.2) is 5.33 Å². The van der Waals surface area contributed by atoms with Gasteiger partial charge in [-0.05, 0) is 12.5 Å². The molecule has 0 fully saturated rings. The van der Waals surface area contributed by atoms with E-state index in [0.29, 0.717) is 12.5 Å². The molecule has 0 bridgehead atoms. The Morgan fingerprint density at radius 2 is 1.93 bits per heavy atom. The van der Waals surface area contributed by atoms with Crippen LogP contribution >= 0.6 is 15.9 Å². The summed E-state index contributed by atoms with van der Waals surface area (Å²) in [6.07, 6.45) is 3.69. The van der Waals surface area contributed by atoms with Crippen LogP contribution in [0.1, 0.15) is 12.0 Å². The summed E-state index contributed by atoms with van der Waals surface area (Å²) in [6.45, 7) is 0. The van der Waals surface area contributed by atoms with Gasteiger partial charge >= 0.3 is 0 Å². The molecule has 0 radical (unpaired) electrons. The number of rotatable bonds is 3. The van der Waals surface area contributed by atoms with Gasteiger partial charge in [-0.1, -0.05) is 28.1 Å². The van der Waals surface area contributed by atoms with Crippen molar-refractivity contribution in [3.05, 3.63) is 41.2 Å². The minimum absolute atomic E-state index is 0.0662. The fraction of sp³-hybridized carbons (Fsp3) is 0.200. The molecular formula is C10H8BrF3. The van der Waals surface area contributed by atoms with E-state index in [-0.39, 0.29) is 5.56 Å². The Kier molecular flexibility index (Phi) is 4.20. The lowest BCUT2D eigenvalue weighted by atomic mass is 10.2. The molecule has 1 rings (SSSR count). The summed E-state index contributed by atoms with van der Waals surface area (Å²) in [7, 11) is 0. The summed E-state index contributed by atoms with van der Waals surface area (Å²) in [5.41, 5.74) is -0.0662. The smallest absolute Gasteiger partial charge is 0.166 e. The number of alkyl halides is 1. The van der Waals surface area contributed by atoms with Crippen LogP contribution in [0.5, 0.6) is 0 Å². The third kappa shape index (κ3) is 2.87. The van der Waals surface area contributed by atoms with E-state index in [1.165, 1.54) is 6.08 Å². The van der Waals surface area contributed by atoms with Gasteiger partial charge in [-0.3, -0.25) is 0 Å². The van der Waals surface area contributed by atoms with Crippen LogP contribution in [0.3, 0.4) is 0 Å². The molecule has 0 N–H and O–H groups in total. The van der Waals surface area contributed by atoms with Crippen LogP contribution in [-0.2, 0) is 0 Å². The number of allylic oxidation sites excluding steroid dienone is 1. The van der Waals surface area contributed by atoms with Gasteiger partial charge in [0.2, 0.25) is 0 Å². The average molecular weight is 265 g/mol. The number of hydrogen-bond acceptors (Lipinski definition) is 0. The highest BCUT2D eigenvalue weighted by molar-refractivity contribution is 9.09.